The Morgan fingerprint density at radius 1 is 0.819 bits per heavy atom. The van der Waals surface area contributed by atoms with Gasteiger partial charge in [-0.15, -0.1) is 0 Å². The molecule has 3 aliphatic rings. The number of carbonyl (C=O) groups is 11. The Bertz CT molecular complexity index is 3280. The molecule has 3 aromatic rings. The Hall–Kier alpha value is -8.84. The summed E-state index contributed by atoms with van der Waals surface area (Å²) in [5.74, 6) is -5.00. The van der Waals surface area contributed by atoms with Gasteiger partial charge in [-0.3, -0.25) is 48.2 Å². The van der Waals surface area contributed by atoms with Gasteiger partial charge in [-0.25, -0.2) is 14.4 Å². The molecule has 11 amide bonds. The van der Waals surface area contributed by atoms with Crippen molar-refractivity contribution >= 4 is 82.6 Å². The number of benzene rings is 3. The highest BCUT2D eigenvalue weighted by Crippen LogP contribution is 2.45. The molecule has 3 heterocycles. The molecule has 510 valence electrons. The number of ether oxygens (including phenoxy) is 3. The Kier molecular flexibility index (Phi) is 26.7. The molecule has 94 heavy (non-hydrogen) atoms. The number of nitrogens with two attached hydrogens (primary N) is 1. The SMILES string of the molecule is COc1ccc(C[C@H]2NC(=O)/C=C/C[C@@H]([C@H](C)[C@H]3O[C@@H]3c3ccc(CN(Cc4ccc(NC(=O)C(CCCNC(N)=O)NC(=O)C(NC(=O)CCCCCN5C(=O)C=CC5=O)C(C)C)cc4)C(=O)O)cc3)OC(=O)[C@H](CC(C)(C)C)NC(=O)C(C)(C)[C@H](C)NC2=O)cc1Cl. The van der Waals surface area contributed by atoms with E-state index in [2.05, 4.69) is 37.2 Å². The number of hydrogen-bond acceptors (Lipinski definition) is 14. The van der Waals surface area contributed by atoms with Gasteiger partial charge in [0, 0.05) is 75.2 Å². The Labute approximate surface area is 553 Å². The number of nitrogens with zero attached hydrogens (tertiary/aromatic N) is 2. The summed E-state index contributed by atoms with van der Waals surface area (Å²) >= 11 is 6.43. The molecule has 0 saturated carbocycles. The number of carbonyl (C=O) groups excluding carboxylic acids is 10. The van der Waals surface area contributed by atoms with Gasteiger partial charge < -0.3 is 62.3 Å². The second-order valence-corrected chi connectivity index (χ2v) is 26.7. The number of methoxy groups -OCH3 is 1. The first-order valence-corrected chi connectivity index (χ1v) is 32.1. The lowest BCUT2D eigenvalue weighted by atomic mass is 9.82. The number of epoxide rings is 1. The second kappa shape index (κ2) is 33.8. The van der Waals surface area contributed by atoms with Crippen LogP contribution in [0.1, 0.15) is 142 Å². The van der Waals surface area contributed by atoms with E-state index in [1.165, 1.54) is 30.2 Å². The number of unbranched alkanes of at least 4 members (excludes halogenated alkanes) is 2. The number of nitrogens with one attached hydrogen (secondary N) is 7. The van der Waals surface area contributed by atoms with Gasteiger partial charge in [-0.05, 0) is 117 Å². The van der Waals surface area contributed by atoms with Crippen molar-refractivity contribution in [2.75, 3.05) is 25.5 Å². The average Bonchev–Trinajstić information content (AvgIpc) is 1.61. The molecular formula is C68H91ClN10O15. The molecular weight excluding hydrogens is 1230 g/mol. The standard InChI is InChI=1S/C68H91ClN10O15/c1-39(2)57(77-54(81)18-12-11-13-33-79-55(82)30-31-56(79)83)62(86)75-48(16-15-32-71-65(70)89)60(84)73-46-27-22-43(23-28-46)38-78(66(90)91)37-42-20-25-45(26-21-42)59-58(94-59)40(3)51-17-14-19-53(80)74-49(35-44-24-29-52(92-10)47(69)34-44)61(85)72-41(4)68(8,9)64(88)76-50(63(87)93-51)36-67(5,6)7/h14,19-31,34,39-41,48-51,57-59H,11-13,15-18,32-33,35-38H2,1-10H3,(H,72,85)(H,73,84)(H,74,80)(H,75,86)(H,76,88)(H,77,81)(H,90,91)(H3,70,71,89)/b19-14+/t40-,41-,48?,49+,50-,51-,57?,58+,59+/m0/s1. The number of halogens is 1. The van der Waals surface area contributed by atoms with Gasteiger partial charge in [0.2, 0.25) is 35.4 Å². The first kappa shape index (κ1) is 74.2. The average molecular weight is 1320 g/mol. The van der Waals surface area contributed by atoms with Crippen molar-refractivity contribution in [2.24, 2.45) is 28.4 Å². The van der Waals surface area contributed by atoms with Crippen LogP contribution in [0, 0.1) is 22.7 Å². The third kappa shape index (κ3) is 22.2. The Balaban J connectivity index is 1.08. The first-order chi connectivity index (χ1) is 44.3. The van der Waals surface area contributed by atoms with Crippen molar-refractivity contribution in [3.63, 3.8) is 0 Å². The molecule has 6 rings (SSSR count). The summed E-state index contributed by atoms with van der Waals surface area (Å²) in [5.41, 5.74) is 6.60. The molecule has 0 bridgehead atoms. The number of amides is 11. The van der Waals surface area contributed by atoms with E-state index < -0.39 is 119 Å². The van der Waals surface area contributed by atoms with Crippen LogP contribution in [0.5, 0.6) is 5.75 Å². The molecule has 0 radical (unpaired) electrons. The number of rotatable bonds is 27. The number of esters is 1. The zero-order valence-corrected chi connectivity index (χ0v) is 55.9. The van der Waals surface area contributed by atoms with Gasteiger partial charge >= 0.3 is 18.1 Å². The van der Waals surface area contributed by atoms with Crippen LogP contribution in [0.3, 0.4) is 0 Å². The molecule has 9 atom stereocenters. The van der Waals surface area contributed by atoms with E-state index in [0.29, 0.717) is 52.4 Å². The highest BCUT2D eigenvalue weighted by atomic mass is 35.5. The van der Waals surface area contributed by atoms with Gasteiger partial charge in [0.15, 0.2) is 0 Å². The summed E-state index contributed by atoms with van der Waals surface area (Å²) in [5, 5.41) is 30.1. The predicted molar refractivity (Wildman–Crippen MR) is 350 cm³/mol. The van der Waals surface area contributed by atoms with Crippen LogP contribution in [0.25, 0.3) is 0 Å². The summed E-state index contributed by atoms with van der Waals surface area (Å²) < 4.78 is 17.8. The van der Waals surface area contributed by atoms with Gasteiger partial charge in [-0.2, -0.15) is 0 Å². The molecule has 25 nitrogen and oxygen atoms in total. The van der Waals surface area contributed by atoms with Crippen molar-refractivity contribution in [3.05, 3.63) is 118 Å². The van der Waals surface area contributed by atoms with E-state index in [9.17, 15) is 57.8 Å². The topological polar surface area (TPSA) is 356 Å². The molecule has 2 unspecified atom stereocenters. The first-order valence-electron chi connectivity index (χ1n) is 31.7. The van der Waals surface area contributed by atoms with E-state index in [0.717, 1.165) is 10.5 Å². The molecule has 0 aliphatic carbocycles. The number of anilines is 1. The Morgan fingerprint density at radius 2 is 1.46 bits per heavy atom. The maximum Gasteiger partial charge on any atom is 0.407 e. The minimum Gasteiger partial charge on any atom is -0.495 e. The molecule has 0 spiro atoms. The summed E-state index contributed by atoms with van der Waals surface area (Å²) in [7, 11) is 1.48. The van der Waals surface area contributed by atoms with Gasteiger partial charge in [0.1, 0.15) is 42.1 Å². The highest BCUT2D eigenvalue weighted by molar-refractivity contribution is 6.32. The van der Waals surface area contributed by atoms with Crippen molar-refractivity contribution in [3.8, 4) is 5.75 Å². The second-order valence-electron chi connectivity index (χ2n) is 26.3. The molecule has 3 aromatic carbocycles. The van der Waals surface area contributed by atoms with Crippen molar-refractivity contribution in [2.45, 2.75) is 182 Å². The maximum atomic E-state index is 14.3. The molecule has 0 aromatic heterocycles. The number of primary amides is 1. The van der Waals surface area contributed by atoms with Crippen molar-refractivity contribution in [1.82, 2.24) is 41.7 Å². The zero-order valence-electron chi connectivity index (χ0n) is 55.1. The minimum absolute atomic E-state index is 0.00806. The van der Waals surface area contributed by atoms with Crippen molar-refractivity contribution < 1.29 is 72.1 Å². The van der Waals surface area contributed by atoms with E-state index in [-0.39, 0.29) is 82.4 Å². The normalized spacial score (nSPS) is 21.3. The molecule has 1 saturated heterocycles. The predicted octanol–water partition coefficient (Wildman–Crippen LogP) is 6.65. The highest BCUT2D eigenvalue weighted by Gasteiger charge is 2.48. The fraction of sp³-hybridized carbons (Fsp3) is 0.515. The van der Waals surface area contributed by atoms with Gasteiger partial charge in [0.05, 0.1) is 23.7 Å². The van der Waals surface area contributed by atoms with E-state index in [1.54, 1.807) is 95.3 Å². The van der Waals surface area contributed by atoms with Gasteiger partial charge in [-0.1, -0.05) is 108 Å². The maximum absolute atomic E-state index is 14.3. The van der Waals surface area contributed by atoms with Crippen LogP contribution in [-0.4, -0.2) is 143 Å². The van der Waals surface area contributed by atoms with Crippen LogP contribution in [-0.2, 0) is 72.1 Å². The third-order valence-electron chi connectivity index (χ3n) is 16.9. The van der Waals surface area contributed by atoms with Crippen LogP contribution < -0.4 is 47.7 Å². The summed E-state index contributed by atoms with van der Waals surface area (Å²) in [6.45, 7) is 16.5. The lowest BCUT2D eigenvalue weighted by Gasteiger charge is -2.35. The molecule has 26 heteroatoms. The van der Waals surface area contributed by atoms with Crippen LogP contribution in [0.4, 0.5) is 15.3 Å². The van der Waals surface area contributed by atoms with Gasteiger partial charge in [0.25, 0.3) is 11.8 Å². The smallest absolute Gasteiger partial charge is 0.407 e. The fourth-order valence-corrected chi connectivity index (χ4v) is 11.1. The van der Waals surface area contributed by atoms with E-state index in [4.69, 9.17) is 31.5 Å². The number of urea groups is 1. The summed E-state index contributed by atoms with van der Waals surface area (Å²) in [6.07, 6.45) is 4.64. The summed E-state index contributed by atoms with van der Waals surface area (Å²) in [4.78, 5) is 147. The van der Waals surface area contributed by atoms with Crippen LogP contribution in [0.15, 0.2) is 91.0 Å². The van der Waals surface area contributed by atoms with E-state index in [1.807, 2.05) is 39.8 Å². The number of carboxylic acid groups (broad SMARTS) is 1. The molecule has 10 N–H and O–H groups in total. The summed E-state index contributed by atoms with van der Waals surface area (Å²) in [6, 6.07) is 13.0. The van der Waals surface area contributed by atoms with Crippen LogP contribution >= 0.6 is 11.6 Å². The number of hydrogen-bond donors (Lipinski definition) is 9. The largest absolute Gasteiger partial charge is 0.495 e. The lowest BCUT2D eigenvalue weighted by Crippen LogP contribution is -2.58. The monoisotopic (exact) mass is 1320 g/mol. The quantitative estimate of drug-likeness (QED) is 0.0167. The Morgan fingerprint density at radius 3 is 2.05 bits per heavy atom. The lowest BCUT2D eigenvalue weighted by molar-refractivity contribution is -0.157. The molecule has 1 fully saturated rings. The van der Waals surface area contributed by atoms with Crippen molar-refractivity contribution in [1.29, 1.82) is 0 Å². The van der Waals surface area contributed by atoms with Crippen LogP contribution in [0.2, 0.25) is 5.02 Å². The van der Waals surface area contributed by atoms with E-state index >= 15 is 0 Å². The number of imide groups is 1. The molecule has 3 aliphatic heterocycles. The fourth-order valence-electron chi connectivity index (χ4n) is 10.8. The third-order valence-corrected chi connectivity index (χ3v) is 17.2. The minimum atomic E-state index is -1.25. The number of cyclic esters (lactones) is 1. The zero-order chi connectivity index (χ0) is 69.2.